The summed E-state index contributed by atoms with van der Waals surface area (Å²) in [5, 5.41) is 12.9. The first-order valence-electron chi connectivity index (χ1n) is 17.4. The van der Waals surface area contributed by atoms with Crippen LogP contribution in [0.4, 0.5) is 26.5 Å². The van der Waals surface area contributed by atoms with E-state index in [4.69, 9.17) is 0 Å². The molecule has 4 heterocycles. The van der Waals surface area contributed by atoms with Gasteiger partial charge in [0.25, 0.3) is 0 Å². The van der Waals surface area contributed by atoms with Crippen LogP contribution in [0.1, 0.15) is 48.8 Å². The van der Waals surface area contributed by atoms with Crippen molar-refractivity contribution in [3.63, 3.8) is 0 Å². The smallest absolute Gasteiger partial charge is 0.322 e. The highest BCUT2D eigenvalue weighted by atomic mass is 19.1. The lowest BCUT2D eigenvalue weighted by Gasteiger charge is -2.35. The third-order valence-corrected chi connectivity index (χ3v) is 10.2. The number of aromatic nitrogens is 2. The fourth-order valence-electron chi connectivity index (χ4n) is 7.16. The predicted octanol–water partition coefficient (Wildman–Crippen LogP) is 4.86. The van der Waals surface area contributed by atoms with Crippen LogP contribution in [0.25, 0.3) is 0 Å². The molecule has 0 spiro atoms. The van der Waals surface area contributed by atoms with Crippen LogP contribution < -0.4 is 15.1 Å². The number of piperidine rings is 1. The quantitative estimate of drug-likeness (QED) is 0.295. The molecule has 0 radical (unpaired) electrons. The van der Waals surface area contributed by atoms with E-state index in [1.807, 2.05) is 41.1 Å². The van der Waals surface area contributed by atoms with Crippen molar-refractivity contribution in [3.8, 4) is 0 Å². The summed E-state index contributed by atoms with van der Waals surface area (Å²) in [5.41, 5.74) is 3.95. The molecule has 3 aliphatic heterocycles. The van der Waals surface area contributed by atoms with Gasteiger partial charge in [0, 0.05) is 70.4 Å². The van der Waals surface area contributed by atoms with Crippen molar-refractivity contribution in [2.75, 3.05) is 68.0 Å². The van der Waals surface area contributed by atoms with Crippen molar-refractivity contribution < 1.29 is 23.9 Å². The first kappa shape index (κ1) is 34.3. The van der Waals surface area contributed by atoms with Crippen LogP contribution in [0.2, 0.25) is 0 Å². The average Bonchev–Trinajstić information content (AvgIpc) is 3.12. The summed E-state index contributed by atoms with van der Waals surface area (Å²) < 4.78 is 15.6. The number of likely N-dealkylation sites (N-methyl/N-ethyl adjacent to an activating group) is 1. The molecule has 2 saturated heterocycles. The number of carbonyl (C=O) groups excluding carboxylic acids is 2. The van der Waals surface area contributed by atoms with E-state index in [0.29, 0.717) is 70.0 Å². The number of hydrogen-bond acceptors (Lipinski definition) is 8. The number of aliphatic carboxylic acids is 1. The molecule has 0 saturated carbocycles. The fourth-order valence-corrected chi connectivity index (χ4v) is 7.16. The van der Waals surface area contributed by atoms with Crippen molar-refractivity contribution in [1.29, 1.82) is 0 Å². The summed E-state index contributed by atoms with van der Waals surface area (Å²) in [6, 6.07) is 15.3. The lowest BCUT2D eigenvalue weighted by Crippen LogP contribution is -2.45. The van der Waals surface area contributed by atoms with Gasteiger partial charge in [-0.1, -0.05) is 36.4 Å². The molecule has 6 rings (SSSR count). The molecule has 1 unspecified atom stereocenters. The molecule has 0 aliphatic carbocycles. The van der Waals surface area contributed by atoms with Crippen LogP contribution in [-0.2, 0) is 29.0 Å². The summed E-state index contributed by atoms with van der Waals surface area (Å²) in [4.78, 5) is 54.6. The Kier molecular flexibility index (Phi) is 11.0. The maximum atomic E-state index is 15.6. The number of carboxylic acids is 1. The monoisotopic (exact) mass is 671 g/mol. The summed E-state index contributed by atoms with van der Waals surface area (Å²) in [7, 11) is 2.05. The van der Waals surface area contributed by atoms with Crippen LogP contribution in [0, 0.1) is 17.7 Å². The lowest BCUT2D eigenvalue weighted by molar-refractivity contribution is -0.142. The molecule has 1 aromatic heterocycles. The Labute approximate surface area is 287 Å². The minimum atomic E-state index is -0.894. The molecule has 3 aliphatic rings. The molecular formula is C37H46FN7O4. The van der Waals surface area contributed by atoms with Crippen LogP contribution in [0.15, 0.2) is 54.9 Å². The fraction of sp³-hybridized carbons (Fsp3) is 0.486. The van der Waals surface area contributed by atoms with E-state index in [9.17, 15) is 19.5 Å². The van der Waals surface area contributed by atoms with Crippen molar-refractivity contribution in [1.82, 2.24) is 19.8 Å². The van der Waals surface area contributed by atoms with E-state index in [2.05, 4.69) is 32.3 Å². The van der Waals surface area contributed by atoms with Gasteiger partial charge in [0.15, 0.2) is 11.6 Å². The average molecular weight is 672 g/mol. The van der Waals surface area contributed by atoms with Gasteiger partial charge >= 0.3 is 12.0 Å². The Hall–Kier alpha value is -4.58. The predicted molar refractivity (Wildman–Crippen MR) is 186 cm³/mol. The summed E-state index contributed by atoms with van der Waals surface area (Å²) in [5.74, 6) is -1.57. The third kappa shape index (κ3) is 8.54. The van der Waals surface area contributed by atoms with Gasteiger partial charge in [-0.05, 0) is 74.4 Å². The number of anilines is 3. The maximum absolute atomic E-state index is 15.6. The van der Waals surface area contributed by atoms with Crippen molar-refractivity contribution in [2.24, 2.45) is 11.8 Å². The highest BCUT2D eigenvalue weighted by Crippen LogP contribution is 2.30. The number of piperazine rings is 1. The summed E-state index contributed by atoms with van der Waals surface area (Å²) in [6.07, 6.45) is 5.17. The van der Waals surface area contributed by atoms with Gasteiger partial charge < -0.3 is 30.0 Å². The van der Waals surface area contributed by atoms with Crippen LogP contribution >= 0.6 is 0 Å². The van der Waals surface area contributed by atoms with Gasteiger partial charge in [-0.3, -0.25) is 9.59 Å². The van der Waals surface area contributed by atoms with E-state index in [1.54, 1.807) is 17.0 Å². The van der Waals surface area contributed by atoms with Crippen LogP contribution in [-0.4, -0.2) is 95.5 Å². The van der Waals surface area contributed by atoms with Gasteiger partial charge in [-0.25, -0.2) is 14.8 Å². The molecule has 49 heavy (non-hydrogen) atoms. The Bertz CT molecular complexity index is 1630. The Morgan fingerprint density at radius 2 is 1.65 bits per heavy atom. The van der Waals surface area contributed by atoms with E-state index in [-0.39, 0.29) is 30.0 Å². The summed E-state index contributed by atoms with van der Waals surface area (Å²) in [6.45, 7) is 5.30. The second-order valence-corrected chi connectivity index (χ2v) is 13.6. The molecule has 2 amide bonds. The van der Waals surface area contributed by atoms with E-state index < -0.39 is 17.7 Å². The lowest BCUT2D eigenvalue weighted by atomic mass is 9.88. The standard InChI is InChI=1S/C37H46FN7O4/c1-42-18-20-43(21-19-42)34-33(38)35(40-25-39-34)44-16-5-9-30(24-44)32(46)10-4-8-28(36(47)48)22-26-11-13-31(14-12-26)41-37(49)45-17-15-27-6-2-3-7-29(27)23-45/h2-3,6-7,11-14,25,28,30H,4-5,8-10,15-24H2,1H3,(H,41,49)(H,47,48)/t28-,30?/m0/s1. The molecular weight excluding hydrogens is 625 g/mol. The number of fused-ring (bicyclic) bond motifs is 1. The van der Waals surface area contributed by atoms with Gasteiger partial charge in [0.1, 0.15) is 12.1 Å². The van der Waals surface area contributed by atoms with Crippen molar-refractivity contribution >= 4 is 35.1 Å². The number of carbonyl (C=O) groups is 3. The number of nitrogens with zero attached hydrogens (tertiary/aromatic N) is 6. The molecule has 11 nitrogen and oxygen atoms in total. The van der Waals surface area contributed by atoms with Crippen molar-refractivity contribution in [3.05, 3.63) is 77.4 Å². The third-order valence-electron chi connectivity index (χ3n) is 10.2. The number of nitrogens with one attached hydrogen (secondary N) is 1. The number of Topliss-reactive ketones (excluding diaryl/α,β-unsaturated/α-hetero) is 1. The first-order chi connectivity index (χ1) is 23.7. The number of amides is 2. The Morgan fingerprint density at radius 1 is 0.939 bits per heavy atom. The van der Waals surface area contributed by atoms with Crippen molar-refractivity contribution in [2.45, 2.75) is 51.5 Å². The highest BCUT2D eigenvalue weighted by Gasteiger charge is 2.30. The number of ketones is 1. The molecule has 12 heteroatoms. The van der Waals surface area contributed by atoms with E-state index >= 15 is 4.39 Å². The topological polar surface area (TPSA) is 122 Å². The number of carboxylic acid groups (broad SMARTS) is 1. The largest absolute Gasteiger partial charge is 0.481 e. The van der Waals surface area contributed by atoms with Crippen LogP contribution in [0.5, 0.6) is 0 Å². The second kappa shape index (κ2) is 15.8. The molecule has 2 fully saturated rings. The zero-order valence-corrected chi connectivity index (χ0v) is 28.2. The molecule has 2 atom stereocenters. The molecule has 2 N–H and O–H groups in total. The molecule has 260 valence electrons. The summed E-state index contributed by atoms with van der Waals surface area (Å²) >= 11 is 0. The maximum Gasteiger partial charge on any atom is 0.322 e. The second-order valence-electron chi connectivity index (χ2n) is 13.6. The van der Waals surface area contributed by atoms with Gasteiger partial charge in [0.05, 0.1) is 5.92 Å². The normalized spacial score (nSPS) is 18.9. The zero-order valence-electron chi connectivity index (χ0n) is 28.2. The van der Waals surface area contributed by atoms with E-state index in [1.165, 1.54) is 11.9 Å². The zero-order chi connectivity index (χ0) is 34.3. The number of benzene rings is 2. The van der Waals surface area contributed by atoms with Gasteiger partial charge in [0.2, 0.25) is 5.82 Å². The minimum Gasteiger partial charge on any atom is -0.481 e. The number of urea groups is 1. The van der Waals surface area contributed by atoms with Crippen LogP contribution in [0.3, 0.4) is 0 Å². The Morgan fingerprint density at radius 3 is 2.39 bits per heavy atom. The van der Waals surface area contributed by atoms with Gasteiger partial charge in [-0.15, -0.1) is 0 Å². The number of halogens is 1. The molecule has 2 aromatic carbocycles. The van der Waals surface area contributed by atoms with E-state index in [0.717, 1.165) is 43.5 Å². The Balaban J connectivity index is 0.971. The first-order valence-corrected chi connectivity index (χ1v) is 17.4. The van der Waals surface area contributed by atoms with Gasteiger partial charge in [-0.2, -0.15) is 4.39 Å². The number of hydrogen-bond donors (Lipinski definition) is 2. The SMILES string of the molecule is CN1CCN(c2ncnc(N3CCCC(C(=O)CCC[C@@H](Cc4ccc(NC(=O)N5CCc6ccccc6C5)cc4)C(=O)O)C3)c2F)CC1. The molecule has 3 aromatic rings. The number of rotatable bonds is 11. The minimum absolute atomic E-state index is 0.0832. The molecule has 0 bridgehead atoms. The highest BCUT2D eigenvalue weighted by molar-refractivity contribution is 5.89.